The second-order valence-corrected chi connectivity index (χ2v) is 4.30. The highest BCUT2D eigenvalue weighted by atomic mass is 16.4. The Hall–Kier alpha value is -0.570. The van der Waals surface area contributed by atoms with Crippen LogP contribution in [0.25, 0.3) is 0 Å². The largest absolute Gasteiger partial charge is 0.480 e. The lowest BCUT2D eigenvalue weighted by Gasteiger charge is -2.28. The van der Waals surface area contributed by atoms with Crippen LogP contribution in [0.3, 0.4) is 0 Å². The molecule has 0 aromatic heterocycles. The molecule has 1 saturated heterocycles. The Bertz CT molecular complexity index is 193. The predicted octanol–water partition coefficient (Wildman–Crippen LogP) is 2.02. The maximum Gasteiger partial charge on any atom is 0.323 e. The molecule has 0 aliphatic carbocycles. The molecule has 1 atom stereocenters. The number of carboxylic acids is 1. The molecule has 0 aromatic carbocycles. The summed E-state index contributed by atoms with van der Waals surface area (Å²) in [6, 6.07) is 0. The summed E-state index contributed by atoms with van der Waals surface area (Å²) in [4.78, 5) is 11.2. The Morgan fingerprint density at radius 2 is 2.14 bits per heavy atom. The van der Waals surface area contributed by atoms with Gasteiger partial charge in [-0.05, 0) is 31.7 Å². The molecule has 0 bridgehead atoms. The van der Waals surface area contributed by atoms with Crippen LogP contribution in [0.5, 0.6) is 0 Å². The molecule has 3 nitrogen and oxygen atoms in total. The van der Waals surface area contributed by atoms with Gasteiger partial charge in [0.2, 0.25) is 0 Å². The lowest BCUT2D eigenvalue weighted by Crippen LogP contribution is -2.48. The van der Waals surface area contributed by atoms with Crippen molar-refractivity contribution < 1.29 is 9.90 Å². The summed E-state index contributed by atoms with van der Waals surface area (Å²) < 4.78 is 0. The van der Waals surface area contributed by atoms with E-state index < -0.39 is 11.5 Å². The number of hydrogen-bond acceptors (Lipinski definition) is 2. The predicted molar refractivity (Wildman–Crippen MR) is 56.3 cm³/mol. The normalized spacial score (nSPS) is 27.1. The highest BCUT2D eigenvalue weighted by Gasteiger charge is 2.41. The Balaban J connectivity index is 2.64. The number of rotatable bonds is 5. The van der Waals surface area contributed by atoms with Gasteiger partial charge in [-0.15, -0.1) is 0 Å². The minimum absolute atomic E-state index is 0.539. The van der Waals surface area contributed by atoms with Crippen LogP contribution in [0.15, 0.2) is 0 Å². The van der Waals surface area contributed by atoms with Crippen molar-refractivity contribution in [3.05, 3.63) is 0 Å². The van der Waals surface area contributed by atoms with E-state index in [0.29, 0.717) is 5.92 Å². The van der Waals surface area contributed by atoms with E-state index in [-0.39, 0.29) is 0 Å². The molecule has 0 aromatic rings. The van der Waals surface area contributed by atoms with Crippen molar-refractivity contribution >= 4 is 5.97 Å². The molecule has 1 fully saturated rings. The van der Waals surface area contributed by atoms with Crippen molar-refractivity contribution in [2.24, 2.45) is 5.92 Å². The van der Waals surface area contributed by atoms with Crippen LogP contribution in [-0.2, 0) is 4.79 Å². The lowest BCUT2D eigenvalue weighted by molar-refractivity contribution is -0.145. The first-order valence-electron chi connectivity index (χ1n) is 5.63. The second kappa shape index (κ2) is 4.78. The highest BCUT2D eigenvalue weighted by molar-refractivity contribution is 5.79. The molecule has 2 N–H and O–H groups in total. The van der Waals surface area contributed by atoms with Crippen molar-refractivity contribution in [1.82, 2.24) is 5.32 Å². The summed E-state index contributed by atoms with van der Waals surface area (Å²) in [5.41, 5.74) is -0.614. The molecule has 82 valence electrons. The van der Waals surface area contributed by atoms with Gasteiger partial charge in [-0.25, -0.2) is 0 Å². The Kier molecular flexibility index (Phi) is 3.93. The van der Waals surface area contributed by atoms with E-state index in [0.717, 1.165) is 38.6 Å². The molecule has 0 radical (unpaired) electrons. The molecule has 3 heteroatoms. The molecule has 1 aliphatic rings. The topological polar surface area (TPSA) is 49.3 Å². The van der Waals surface area contributed by atoms with Crippen LogP contribution in [0.1, 0.15) is 46.0 Å². The fourth-order valence-electron chi connectivity index (χ4n) is 2.32. The number of carbonyl (C=O) groups is 1. The minimum Gasteiger partial charge on any atom is -0.480 e. The van der Waals surface area contributed by atoms with Crippen LogP contribution in [0.4, 0.5) is 0 Å². The number of nitrogens with one attached hydrogen (secondary N) is 1. The zero-order valence-corrected chi connectivity index (χ0v) is 9.18. The molecule has 1 rings (SSSR count). The Labute approximate surface area is 85.9 Å². The van der Waals surface area contributed by atoms with E-state index in [4.69, 9.17) is 0 Å². The van der Waals surface area contributed by atoms with E-state index >= 15 is 0 Å². The molecular weight excluding hydrogens is 178 g/mol. The monoisotopic (exact) mass is 199 g/mol. The maximum absolute atomic E-state index is 11.2. The summed E-state index contributed by atoms with van der Waals surface area (Å²) in [5.74, 6) is -0.126. The Morgan fingerprint density at radius 3 is 2.50 bits per heavy atom. The van der Waals surface area contributed by atoms with Crippen LogP contribution in [0.2, 0.25) is 0 Å². The van der Waals surface area contributed by atoms with Crippen LogP contribution in [0, 0.1) is 5.92 Å². The third-order valence-corrected chi connectivity index (χ3v) is 3.44. The smallest absolute Gasteiger partial charge is 0.323 e. The first-order chi connectivity index (χ1) is 6.64. The van der Waals surface area contributed by atoms with Crippen molar-refractivity contribution in [2.45, 2.75) is 51.5 Å². The van der Waals surface area contributed by atoms with E-state index in [1.165, 1.54) is 0 Å². The van der Waals surface area contributed by atoms with Gasteiger partial charge < -0.3 is 10.4 Å². The van der Waals surface area contributed by atoms with Crippen molar-refractivity contribution in [3.63, 3.8) is 0 Å². The van der Waals surface area contributed by atoms with Crippen molar-refractivity contribution in [3.8, 4) is 0 Å². The number of hydrogen-bond donors (Lipinski definition) is 2. The van der Waals surface area contributed by atoms with Crippen LogP contribution < -0.4 is 5.32 Å². The summed E-state index contributed by atoms with van der Waals surface area (Å²) in [6.45, 7) is 5.13. The van der Waals surface area contributed by atoms with Gasteiger partial charge in [-0.1, -0.05) is 26.7 Å². The second-order valence-electron chi connectivity index (χ2n) is 4.30. The summed E-state index contributed by atoms with van der Waals surface area (Å²) >= 11 is 0. The fraction of sp³-hybridized carbons (Fsp3) is 0.909. The molecular formula is C11H21NO2. The van der Waals surface area contributed by atoms with Crippen LogP contribution in [-0.4, -0.2) is 23.2 Å². The van der Waals surface area contributed by atoms with E-state index in [1.54, 1.807) is 0 Å². The van der Waals surface area contributed by atoms with Gasteiger partial charge in [-0.3, -0.25) is 4.79 Å². The standard InChI is InChI=1S/C11H21NO2/c1-3-9(4-2)8-11(10(13)14)6-5-7-12-11/h9,12H,3-8H2,1-2H3,(H,13,14). The average Bonchev–Trinajstić information content (AvgIpc) is 2.64. The van der Waals surface area contributed by atoms with E-state index in [1.807, 2.05) is 0 Å². The van der Waals surface area contributed by atoms with Gasteiger partial charge in [0.15, 0.2) is 0 Å². The summed E-state index contributed by atoms with van der Waals surface area (Å²) in [7, 11) is 0. The third kappa shape index (κ3) is 2.27. The molecule has 14 heavy (non-hydrogen) atoms. The van der Waals surface area contributed by atoms with Gasteiger partial charge >= 0.3 is 5.97 Å². The quantitative estimate of drug-likeness (QED) is 0.712. The molecule has 1 heterocycles. The van der Waals surface area contributed by atoms with Gasteiger partial charge in [0, 0.05) is 0 Å². The third-order valence-electron chi connectivity index (χ3n) is 3.44. The van der Waals surface area contributed by atoms with E-state index in [9.17, 15) is 9.90 Å². The summed E-state index contributed by atoms with van der Waals surface area (Å²) in [6.07, 6.45) is 4.72. The van der Waals surface area contributed by atoms with Crippen LogP contribution >= 0.6 is 0 Å². The SMILES string of the molecule is CCC(CC)CC1(C(=O)O)CCCN1. The zero-order chi connectivity index (χ0) is 10.6. The van der Waals surface area contributed by atoms with Crippen molar-refractivity contribution in [2.75, 3.05) is 6.54 Å². The molecule has 1 unspecified atom stereocenters. The van der Waals surface area contributed by atoms with Crippen molar-refractivity contribution in [1.29, 1.82) is 0 Å². The molecule has 0 amide bonds. The minimum atomic E-state index is -0.665. The first-order valence-corrected chi connectivity index (χ1v) is 5.63. The molecule has 0 saturated carbocycles. The maximum atomic E-state index is 11.2. The average molecular weight is 199 g/mol. The highest BCUT2D eigenvalue weighted by Crippen LogP contribution is 2.29. The Morgan fingerprint density at radius 1 is 1.50 bits per heavy atom. The van der Waals surface area contributed by atoms with Gasteiger partial charge in [-0.2, -0.15) is 0 Å². The van der Waals surface area contributed by atoms with Gasteiger partial charge in [0.1, 0.15) is 5.54 Å². The molecule has 1 aliphatic heterocycles. The molecule has 0 spiro atoms. The van der Waals surface area contributed by atoms with Gasteiger partial charge in [0.05, 0.1) is 0 Å². The zero-order valence-electron chi connectivity index (χ0n) is 9.18. The number of aliphatic carboxylic acids is 1. The fourth-order valence-corrected chi connectivity index (χ4v) is 2.32. The summed E-state index contributed by atoms with van der Waals surface area (Å²) in [5, 5.41) is 12.4. The van der Waals surface area contributed by atoms with Gasteiger partial charge in [0.25, 0.3) is 0 Å². The lowest BCUT2D eigenvalue weighted by atomic mass is 9.83. The first kappa shape index (κ1) is 11.5. The number of carboxylic acid groups (broad SMARTS) is 1. The van der Waals surface area contributed by atoms with E-state index in [2.05, 4.69) is 19.2 Å².